The van der Waals surface area contributed by atoms with Gasteiger partial charge >= 0.3 is 0 Å². The third-order valence-corrected chi connectivity index (χ3v) is 3.98. The summed E-state index contributed by atoms with van der Waals surface area (Å²) in [6.07, 6.45) is -1.42. The van der Waals surface area contributed by atoms with Crippen molar-refractivity contribution in [1.29, 1.82) is 0 Å². The normalized spacial score (nSPS) is 13.8. The van der Waals surface area contributed by atoms with Crippen LogP contribution in [0, 0.1) is 6.92 Å². The number of aryl methyl sites for hydroxylation is 1. The Labute approximate surface area is 141 Å². The van der Waals surface area contributed by atoms with Crippen LogP contribution < -0.4 is 4.74 Å². The van der Waals surface area contributed by atoms with Gasteiger partial charge in [0.25, 0.3) is 0 Å². The lowest BCUT2D eigenvalue weighted by atomic mass is 10.2. The molecular formula is C19H22N2O3. The third-order valence-electron chi connectivity index (χ3n) is 3.98. The number of hydrogen-bond acceptors (Lipinski definition) is 4. The molecular weight excluding hydrogens is 304 g/mol. The lowest BCUT2D eigenvalue weighted by Gasteiger charge is -2.17. The van der Waals surface area contributed by atoms with Gasteiger partial charge in [0.1, 0.15) is 30.4 Å². The van der Waals surface area contributed by atoms with Crippen molar-refractivity contribution in [3.05, 3.63) is 59.9 Å². The molecule has 0 aliphatic rings. The molecule has 2 N–H and O–H groups in total. The van der Waals surface area contributed by atoms with Crippen molar-refractivity contribution in [3.63, 3.8) is 0 Å². The van der Waals surface area contributed by atoms with E-state index in [2.05, 4.69) is 4.98 Å². The molecule has 0 amide bonds. The summed E-state index contributed by atoms with van der Waals surface area (Å²) in [5.74, 6) is 1.31. The van der Waals surface area contributed by atoms with E-state index in [1.54, 1.807) is 6.92 Å². The Bertz CT molecular complexity index is 826. The second-order valence-electron chi connectivity index (χ2n) is 5.98. The van der Waals surface area contributed by atoms with E-state index in [9.17, 15) is 10.2 Å². The summed E-state index contributed by atoms with van der Waals surface area (Å²) in [6, 6.07) is 15.4. The predicted octanol–water partition coefficient (Wildman–Crippen LogP) is 2.84. The average Bonchev–Trinajstić information content (AvgIpc) is 2.93. The zero-order valence-electron chi connectivity index (χ0n) is 13.9. The first-order valence-corrected chi connectivity index (χ1v) is 8.06. The molecule has 2 atom stereocenters. The van der Waals surface area contributed by atoms with Gasteiger partial charge in [0.2, 0.25) is 0 Å². The van der Waals surface area contributed by atoms with Crippen molar-refractivity contribution in [1.82, 2.24) is 9.55 Å². The molecule has 3 rings (SSSR count). The van der Waals surface area contributed by atoms with Crippen LogP contribution in [0.1, 0.15) is 24.4 Å². The molecule has 3 aromatic rings. The van der Waals surface area contributed by atoms with E-state index in [1.807, 2.05) is 60.0 Å². The Morgan fingerprint density at radius 3 is 2.54 bits per heavy atom. The smallest absolute Gasteiger partial charge is 0.138 e. The minimum atomic E-state index is -0.709. The summed E-state index contributed by atoms with van der Waals surface area (Å²) in [5, 5.41) is 20.4. The van der Waals surface area contributed by atoms with Gasteiger partial charge in [-0.1, -0.05) is 30.3 Å². The van der Waals surface area contributed by atoms with Crippen LogP contribution in [0.15, 0.2) is 48.5 Å². The Morgan fingerprint density at radius 2 is 1.79 bits per heavy atom. The molecule has 126 valence electrons. The summed E-state index contributed by atoms with van der Waals surface area (Å²) in [7, 11) is 0. The maximum atomic E-state index is 10.4. The summed E-state index contributed by atoms with van der Waals surface area (Å²) in [4.78, 5) is 4.46. The van der Waals surface area contributed by atoms with Crippen LogP contribution in [-0.2, 0) is 6.54 Å². The fourth-order valence-corrected chi connectivity index (χ4v) is 2.77. The van der Waals surface area contributed by atoms with Gasteiger partial charge in [0, 0.05) is 0 Å². The van der Waals surface area contributed by atoms with Gasteiger partial charge in [-0.2, -0.15) is 0 Å². The molecule has 0 aliphatic heterocycles. The highest BCUT2D eigenvalue weighted by molar-refractivity contribution is 5.76. The largest absolute Gasteiger partial charge is 0.491 e. The van der Waals surface area contributed by atoms with Crippen LogP contribution in [0.4, 0.5) is 0 Å². The van der Waals surface area contributed by atoms with Crippen LogP contribution in [0.3, 0.4) is 0 Å². The van der Waals surface area contributed by atoms with Crippen molar-refractivity contribution >= 4 is 11.0 Å². The van der Waals surface area contributed by atoms with E-state index in [1.165, 1.54) is 0 Å². The Hall–Kier alpha value is -2.37. The summed E-state index contributed by atoms with van der Waals surface area (Å²) in [6.45, 7) is 4.13. The molecule has 1 heterocycles. The van der Waals surface area contributed by atoms with Gasteiger partial charge in [-0.25, -0.2) is 4.98 Å². The molecule has 0 radical (unpaired) electrons. The van der Waals surface area contributed by atoms with Crippen molar-refractivity contribution in [2.45, 2.75) is 32.6 Å². The first-order chi connectivity index (χ1) is 11.6. The second-order valence-corrected chi connectivity index (χ2v) is 5.98. The molecule has 0 aliphatic carbocycles. The lowest BCUT2D eigenvalue weighted by molar-refractivity contribution is 0.0892. The van der Waals surface area contributed by atoms with Crippen LogP contribution in [-0.4, -0.2) is 32.5 Å². The Balaban J connectivity index is 1.76. The Morgan fingerprint density at radius 1 is 1.08 bits per heavy atom. The second kappa shape index (κ2) is 7.03. The topological polar surface area (TPSA) is 67.5 Å². The van der Waals surface area contributed by atoms with Crippen molar-refractivity contribution in [2.24, 2.45) is 0 Å². The van der Waals surface area contributed by atoms with Gasteiger partial charge in [-0.3, -0.25) is 0 Å². The van der Waals surface area contributed by atoms with Crippen molar-refractivity contribution < 1.29 is 14.9 Å². The molecule has 0 saturated heterocycles. The minimum absolute atomic E-state index is 0.177. The summed E-state index contributed by atoms with van der Waals surface area (Å²) in [5.41, 5.74) is 2.73. The minimum Gasteiger partial charge on any atom is -0.491 e. The average molecular weight is 326 g/mol. The molecule has 0 saturated carbocycles. The standard InChI is InChI=1S/C19H22N2O3/c1-13-7-3-6-10-18(13)24-12-15(23)11-21-17-9-5-4-8-16(17)20-19(21)14(2)22/h3-10,14-15,22-23H,11-12H2,1-2H3. The van der Waals surface area contributed by atoms with Gasteiger partial charge in [0.05, 0.1) is 17.6 Å². The number of para-hydroxylation sites is 3. The number of nitrogens with zero attached hydrogens (tertiary/aromatic N) is 2. The van der Waals surface area contributed by atoms with E-state index in [4.69, 9.17) is 4.74 Å². The lowest BCUT2D eigenvalue weighted by Crippen LogP contribution is -2.25. The van der Waals surface area contributed by atoms with E-state index < -0.39 is 12.2 Å². The number of aromatic nitrogens is 2. The van der Waals surface area contributed by atoms with E-state index in [0.29, 0.717) is 12.4 Å². The highest BCUT2D eigenvalue weighted by atomic mass is 16.5. The molecule has 0 bridgehead atoms. The number of ether oxygens (including phenoxy) is 1. The maximum Gasteiger partial charge on any atom is 0.138 e. The monoisotopic (exact) mass is 326 g/mol. The number of aliphatic hydroxyl groups is 2. The number of fused-ring (bicyclic) bond motifs is 1. The molecule has 5 nitrogen and oxygen atoms in total. The van der Waals surface area contributed by atoms with Crippen molar-refractivity contribution in [3.8, 4) is 5.75 Å². The SMILES string of the molecule is Cc1ccccc1OCC(O)Cn1c(C(C)O)nc2ccccc21. The first-order valence-electron chi connectivity index (χ1n) is 8.06. The fourth-order valence-electron chi connectivity index (χ4n) is 2.77. The van der Waals surface area contributed by atoms with E-state index >= 15 is 0 Å². The van der Waals surface area contributed by atoms with Gasteiger partial charge in [0.15, 0.2) is 0 Å². The first kappa shape index (κ1) is 16.5. The Kier molecular flexibility index (Phi) is 4.83. The summed E-state index contributed by atoms with van der Waals surface area (Å²) >= 11 is 0. The van der Waals surface area contributed by atoms with Crippen LogP contribution in [0.25, 0.3) is 11.0 Å². The number of benzene rings is 2. The van der Waals surface area contributed by atoms with Gasteiger partial charge < -0.3 is 19.5 Å². The molecule has 5 heteroatoms. The number of aliphatic hydroxyl groups excluding tert-OH is 2. The van der Waals surface area contributed by atoms with Crippen LogP contribution >= 0.6 is 0 Å². The van der Waals surface area contributed by atoms with Crippen molar-refractivity contribution in [2.75, 3.05) is 6.61 Å². The quantitative estimate of drug-likeness (QED) is 0.731. The van der Waals surface area contributed by atoms with Gasteiger partial charge in [-0.05, 0) is 37.6 Å². The molecule has 2 unspecified atom stereocenters. The molecule has 0 fully saturated rings. The molecule has 1 aromatic heterocycles. The van der Waals surface area contributed by atoms with Crippen LogP contribution in [0.5, 0.6) is 5.75 Å². The predicted molar refractivity (Wildman–Crippen MR) is 93.0 cm³/mol. The number of rotatable bonds is 6. The fraction of sp³-hybridized carbons (Fsp3) is 0.316. The van der Waals surface area contributed by atoms with E-state index in [-0.39, 0.29) is 6.61 Å². The molecule has 2 aromatic carbocycles. The molecule has 24 heavy (non-hydrogen) atoms. The summed E-state index contributed by atoms with van der Waals surface area (Å²) < 4.78 is 7.57. The van der Waals surface area contributed by atoms with E-state index in [0.717, 1.165) is 22.3 Å². The van der Waals surface area contributed by atoms with Crippen LogP contribution in [0.2, 0.25) is 0 Å². The number of hydrogen-bond donors (Lipinski definition) is 2. The number of imidazole rings is 1. The highest BCUT2D eigenvalue weighted by Gasteiger charge is 2.17. The molecule has 0 spiro atoms. The highest BCUT2D eigenvalue weighted by Crippen LogP contribution is 2.21. The van der Waals surface area contributed by atoms with Gasteiger partial charge in [-0.15, -0.1) is 0 Å². The third kappa shape index (κ3) is 3.42. The zero-order valence-corrected chi connectivity index (χ0v) is 13.9. The maximum absolute atomic E-state index is 10.4. The zero-order chi connectivity index (χ0) is 17.1.